The van der Waals surface area contributed by atoms with Gasteiger partial charge in [-0.3, -0.25) is 14.9 Å². The highest BCUT2D eigenvalue weighted by Gasteiger charge is 2.22. The molecule has 0 aliphatic heterocycles. The first-order valence-corrected chi connectivity index (χ1v) is 9.45. The first kappa shape index (κ1) is 21.9. The Morgan fingerprint density at radius 3 is 2.45 bits per heavy atom. The highest BCUT2D eigenvalue weighted by atomic mass is 35.5. The fourth-order valence-electron chi connectivity index (χ4n) is 2.52. The van der Waals surface area contributed by atoms with Gasteiger partial charge in [0.25, 0.3) is 5.91 Å². The topological polar surface area (TPSA) is 111 Å². The van der Waals surface area contributed by atoms with Crippen LogP contribution in [0.3, 0.4) is 0 Å². The fourth-order valence-corrected chi connectivity index (χ4v) is 3.01. The van der Waals surface area contributed by atoms with Crippen molar-refractivity contribution in [3.8, 4) is 5.75 Å². The van der Waals surface area contributed by atoms with Crippen LogP contribution >= 0.6 is 23.2 Å². The summed E-state index contributed by atoms with van der Waals surface area (Å²) < 4.78 is 5.28. The SMILES string of the molecule is O=C(Oc1c(/C=N/NC(=O)c2ccc(Cl)cc2Cl)cccc1[N+](=O)[O-])c1ccccc1. The molecule has 0 fully saturated rings. The summed E-state index contributed by atoms with van der Waals surface area (Å²) in [6, 6.07) is 16.4. The summed E-state index contributed by atoms with van der Waals surface area (Å²) >= 11 is 11.8. The number of hydrazone groups is 1. The quantitative estimate of drug-likeness (QED) is 0.186. The summed E-state index contributed by atoms with van der Waals surface area (Å²) in [5, 5.41) is 15.7. The van der Waals surface area contributed by atoms with Crippen molar-refractivity contribution >= 4 is 47.0 Å². The second kappa shape index (κ2) is 9.84. The number of nitro benzene ring substituents is 1. The molecule has 0 heterocycles. The summed E-state index contributed by atoms with van der Waals surface area (Å²) in [6.07, 6.45) is 1.13. The van der Waals surface area contributed by atoms with Crippen molar-refractivity contribution in [3.63, 3.8) is 0 Å². The molecule has 10 heteroatoms. The predicted molar refractivity (Wildman–Crippen MR) is 116 cm³/mol. The maximum absolute atomic E-state index is 12.4. The zero-order valence-corrected chi connectivity index (χ0v) is 17.1. The van der Waals surface area contributed by atoms with Crippen LogP contribution in [-0.2, 0) is 0 Å². The number of nitrogens with zero attached hydrogens (tertiary/aromatic N) is 2. The number of benzene rings is 3. The minimum atomic E-state index is -0.776. The molecule has 0 unspecified atom stereocenters. The largest absolute Gasteiger partial charge is 0.415 e. The second-order valence-corrected chi connectivity index (χ2v) is 6.88. The van der Waals surface area contributed by atoms with Crippen LogP contribution < -0.4 is 10.2 Å². The molecular weight excluding hydrogens is 445 g/mol. The Bertz CT molecular complexity index is 1180. The van der Waals surface area contributed by atoms with E-state index in [1.807, 2.05) is 0 Å². The average molecular weight is 458 g/mol. The molecule has 1 amide bonds. The molecule has 3 aromatic rings. The van der Waals surface area contributed by atoms with Gasteiger partial charge in [0.1, 0.15) is 0 Å². The standard InChI is InChI=1S/C21H13Cl2N3O5/c22-15-9-10-16(17(23)11-15)20(27)25-24-12-14-7-4-8-18(26(29)30)19(14)31-21(28)13-5-2-1-3-6-13/h1-12H,(H,25,27)/b24-12+. The smallest absolute Gasteiger partial charge is 0.343 e. The number of rotatable bonds is 6. The van der Waals surface area contributed by atoms with Gasteiger partial charge in [-0.15, -0.1) is 0 Å². The molecule has 0 saturated carbocycles. The van der Waals surface area contributed by atoms with Crippen molar-refractivity contribution in [1.29, 1.82) is 0 Å². The zero-order valence-electron chi connectivity index (χ0n) is 15.6. The van der Waals surface area contributed by atoms with E-state index in [2.05, 4.69) is 10.5 Å². The van der Waals surface area contributed by atoms with E-state index in [1.54, 1.807) is 18.2 Å². The summed E-state index contributed by atoms with van der Waals surface area (Å²) in [4.78, 5) is 35.3. The molecule has 0 spiro atoms. The average Bonchev–Trinajstić information content (AvgIpc) is 2.75. The maximum atomic E-state index is 12.4. The number of ether oxygens (including phenoxy) is 1. The zero-order chi connectivity index (χ0) is 22.4. The number of hydrogen-bond acceptors (Lipinski definition) is 6. The number of carbonyl (C=O) groups excluding carboxylic acids is 2. The van der Waals surface area contributed by atoms with Crippen LogP contribution in [0, 0.1) is 10.1 Å². The molecule has 0 bridgehead atoms. The molecule has 0 atom stereocenters. The second-order valence-electron chi connectivity index (χ2n) is 6.03. The lowest BCUT2D eigenvalue weighted by Gasteiger charge is -2.08. The van der Waals surface area contributed by atoms with Crippen molar-refractivity contribution in [2.24, 2.45) is 5.10 Å². The Hall–Kier alpha value is -3.75. The van der Waals surface area contributed by atoms with Crippen LogP contribution in [0.25, 0.3) is 0 Å². The molecule has 156 valence electrons. The van der Waals surface area contributed by atoms with E-state index in [1.165, 1.54) is 48.5 Å². The molecule has 0 aliphatic rings. The van der Waals surface area contributed by atoms with Crippen LogP contribution in [0.4, 0.5) is 5.69 Å². The number of amides is 1. The first-order valence-electron chi connectivity index (χ1n) is 8.70. The van der Waals surface area contributed by atoms with Crippen molar-refractivity contribution in [1.82, 2.24) is 5.43 Å². The summed E-state index contributed by atoms with van der Waals surface area (Å²) in [7, 11) is 0. The molecule has 0 aromatic heterocycles. The van der Waals surface area contributed by atoms with Gasteiger partial charge >= 0.3 is 11.7 Å². The molecular formula is C21H13Cl2N3O5. The van der Waals surface area contributed by atoms with Crippen molar-refractivity contribution in [2.45, 2.75) is 0 Å². The van der Waals surface area contributed by atoms with Gasteiger partial charge in [-0.2, -0.15) is 5.10 Å². The minimum Gasteiger partial charge on any atom is -0.415 e. The van der Waals surface area contributed by atoms with Crippen molar-refractivity contribution < 1.29 is 19.2 Å². The lowest BCUT2D eigenvalue weighted by Crippen LogP contribution is -2.18. The lowest BCUT2D eigenvalue weighted by molar-refractivity contribution is -0.385. The maximum Gasteiger partial charge on any atom is 0.343 e. The Kier molecular flexibility index (Phi) is 6.96. The number of nitrogens with one attached hydrogen (secondary N) is 1. The molecule has 31 heavy (non-hydrogen) atoms. The molecule has 0 saturated heterocycles. The Labute approximate surface area is 186 Å². The highest BCUT2D eigenvalue weighted by Crippen LogP contribution is 2.30. The van der Waals surface area contributed by atoms with Gasteiger partial charge < -0.3 is 4.74 Å². The van der Waals surface area contributed by atoms with Gasteiger partial charge in [-0.1, -0.05) is 47.5 Å². The number of nitro groups is 1. The van der Waals surface area contributed by atoms with Crippen molar-refractivity contribution in [2.75, 3.05) is 0 Å². The summed E-state index contributed by atoms with van der Waals surface area (Å²) in [5.74, 6) is -1.70. The van der Waals surface area contributed by atoms with Gasteiger partial charge in [0.15, 0.2) is 0 Å². The van der Waals surface area contributed by atoms with E-state index in [9.17, 15) is 19.7 Å². The van der Waals surface area contributed by atoms with Crippen LogP contribution in [0.1, 0.15) is 26.3 Å². The Morgan fingerprint density at radius 1 is 1.03 bits per heavy atom. The summed E-state index contributed by atoms with van der Waals surface area (Å²) in [6.45, 7) is 0. The number of halogens is 2. The molecule has 1 N–H and O–H groups in total. The van der Waals surface area contributed by atoms with E-state index in [4.69, 9.17) is 27.9 Å². The third kappa shape index (κ3) is 5.44. The number of carbonyl (C=O) groups is 2. The van der Waals surface area contributed by atoms with Crippen LogP contribution in [0.2, 0.25) is 10.0 Å². The van der Waals surface area contributed by atoms with Crippen LogP contribution in [-0.4, -0.2) is 23.0 Å². The Morgan fingerprint density at radius 2 is 1.77 bits per heavy atom. The molecule has 3 rings (SSSR count). The van der Waals surface area contributed by atoms with E-state index >= 15 is 0 Å². The van der Waals surface area contributed by atoms with Gasteiger partial charge in [-0.05, 0) is 36.4 Å². The van der Waals surface area contributed by atoms with Gasteiger partial charge in [0.05, 0.1) is 27.3 Å². The number of para-hydroxylation sites is 1. The molecule has 8 nitrogen and oxygen atoms in total. The molecule has 0 aliphatic carbocycles. The van der Waals surface area contributed by atoms with Crippen LogP contribution in [0.5, 0.6) is 5.75 Å². The number of esters is 1. The Balaban J connectivity index is 1.85. The van der Waals surface area contributed by atoms with E-state index in [-0.39, 0.29) is 27.5 Å². The van der Waals surface area contributed by atoms with E-state index in [0.29, 0.717) is 5.02 Å². The third-order valence-corrected chi connectivity index (χ3v) is 4.52. The first-order chi connectivity index (χ1) is 14.9. The van der Waals surface area contributed by atoms with E-state index in [0.717, 1.165) is 6.21 Å². The normalized spacial score (nSPS) is 10.6. The van der Waals surface area contributed by atoms with Gasteiger partial charge in [0.2, 0.25) is 5.75 Å². The predicted octanol–water partition coefficient (Wildman–Crippen LogP) is 4.88. The van der Waals surface area contributed by atoms with E-state index < -0.39 is 22.5 Å². The molecule has 0 radical (unpaired) electrons. The lowest BCUT2D eigenvalue weighted by atomic mass is 10.2. The fraction of sp³-hybridized carbons (Fsp3) is 0. The number of hydrogen-bond donors (Lipinski definition) is 1. The van der Waals surface area contributed by atoms with Crippen LogP contribution in [0.15, 0.2) is 71.8 Å². The van der Waals surface area contributed by atoms with Crippen molar-refractivity contribution in [3.05, 3.63) is 104 Å². The third-order valence-electron chi connectivity index (χ3n) is 3.97. The minimum absolute atomic E-state index is 0.112. The van der Waals surface area contributed by atoms with Gasteiger partial charge in [0, 0.05) is 16.7 Å². The summed E-state index contributed by atoms with van der Waals surface area (Å²) in [5.41, 5.74) is 2.30. The monoisotopic (exact) mass is 457 g/mol. The highest BCUT2D eigenvalue weighted by molar-refractivity contribution is 6.36. The van der Waals surface area contributed by atoms with Gasteiger partial charge in [-0.25, -0.2) is 10.2 Å². The molecule has 3 aromatic carbocycles.